The van der Waals surface area contributed by atoms with E-state index in [4.69, 9.17) is 0 Å². The quantitative estimate of drug-likeness (QED) is 0.870. The maximum absolute atomic E-state index is 12.8. The fourth-order valence-electron chi connectivity index (χ4n) is 5.34. The molecule has 152 valence electrons. The third-order valence-electron chi connectivity index (χ3n) is 7.32. The molecule has 0 aromatic heterocycles. The van der Waals surface area contributed by atoms with Gasteiger partial charge < -0.3 is 15.1 Å². The van der Waals surface area contributed by atoms with Gasteiger partial charge in [0.05, 0.1) is 5.92 Å². The van der Waals surface area contributed by atoms with Crippen molar-refractivity contribution in [1.29, 1.82) is 0 Å². The lowest BCUT2D eigenvalue weighted by Gasteiger charge is -2.43. The van der Waals surface area contributed by atoms with Crippen molar-refractivity contribution in [3.63, 3.8) is 0 Å². The molecule has 5 nitrogen and oxygen atoms in total. The van der Waals surface area contributed by atoms with Gasteiger partial charge in [0.1, 0.15) is 0 Å². The second kappa shape index (κ2) is 7.51. The Kier molecular flexibility index (Phi) is 5.21. The third-order valence-corrected chi connectivity index (χ3v) is 7.32. The van der Waals surface area contributed by atoms with Gasteiger partial charge >= 0.3 is 0 Å². The van der Waals surface area contributed by atoms with E-state index in [1.54, 1.807) is 0 Å². The fourth-order valence-corrected chi connectivity index (χ4v) is 5.34. The van der Waals surface area contributed by atoms with E-state index in [-0.39, 0.29) is 23.3 Å². The zero-order chi connectivity index (χ0) is 19.9. The molecule has 0 aliphatic carbocycles. The van der Waals surface area contributed by atoms with Crippen LogP contribution >= 0.6 is 0 Å². The van der Waals surface area contributed by atoms with Gasteiger partial charge in [-0.2, -0.15) is 0 Å². The summed E-state index contributed by atoms with van der Waals surface area (Å²) >= 11 is 0. The number of hydrogen-bond acceptors (Lipinski definition) is 3. The van der Waals surface area contributed by atoms with E-state index in [1.807, 2.05) is 36.1 Å². The largest absolute Gasteiger partial charge is 0.350 e. The summed E-state index contributed by atoms with van der Waals surface area (Å²) in [4.78, 5) is 30.0. The summed E-state index contributed by atoms with van der Waals surface area (Å²) in [6.45, 7) is 11.0. The minimum Gasteiger partial charge on any atom is -0.350 e. The first kappa shape index (κ1) is 19.4. The molecule has 3 fully saturated rings. The molecule has 0 bridgehead atoms. The second-order valence-electron chi connectivity index (χ2n) is 9.25. The lowest BCUT2D eigenvalue weighted by Crippen LogP contribution is -2.56. The third kappa shape index (κ3) is 3.45. The highest BCUT2D eigenvalue weighted by Gasteiger charge is 2.57. The first-order valence-electron chi connectivity index (χ1n) is 10.8. The van der Waals surface area contributed by atoms with Gasteiger partial charge in [0.25, 0.3) is 5.91 Å². The standard InChI is InChI=1S/C23H33N3O2/c1-4-16(2)13-25-14-19-20(15-25)23(24-21(19)27)9-11-26(12-10-23)22(28)18-7-5-17(3)6-8-18/h5-8,16,19-20H,4,9-15H2,1-3H3,(H,24,27)/t16?,19-,20+/m1/s1. The molecule has 3 aliphatic rings. The van der Waals surface area contributed by atoms with Crippen molar-refractivity contribution in [2.45, 2.75) is 45.6 Å². The zero-order valence-corrected chi connectivity index (χ0v) is 17.4. The van der Waals surface area contributed by atoms with Crippen molar-refractivity contribution in [2.75, 3.05) is 32.7 Å². The Morgan fingerprint density at radius 2 is 1.89 bits per heavy atom. The van der Waals surface area contributed by atoms with Crippen LogP contribution in [0.2, 0.25) is 0 Å². The normalized spacial score (nSPS) is 27.7. The smallest absolute Gasteiger partial charge is 0.253 e. The molecule has 1 unspecified atom stereocenters. The number of carbonyl (C=O) groups excluding carboxylic acids is 2. The molecular weight excluding hydrogens is 350 g/mol. The molecule has 1 aromatic rings. The predicted molar refractivity (Wildman–Crippen MR) is 110 cm³/mol. The Morgan fingerprint density at radius 3 is 2.54 bits per heavy atom. The van der Waals surface area contributed by atoms with Crippen molar-refractivity contribution < 1.29 is 9.59 Å². The number of carbonyl (C=O) groups is 2. The molecule has 0 saturated carbocycles. The number of hydrogen-bond donors (Lipinski definition) is 1. The fraction of sp³-hybridized carbons (Fsp3) is 0.652. The molecule has 5 heteroatoms. The average molecular weight is 384 g/mol. The number of rotatable bonds is 4. The number of amides is 2. The molecular formula is C23H33N3O2. The number of nitrogens with one attached hydrogen (secondary N) is 1. The van der Waals surface area contributed by atoms with E-state index in [1.165, 1.54) is 6.42 Å². The van der Waals surface area contributed by atoms with Crippen LogP contribution in [0.5, 0.6) is 0 Å². The highest BCUT2D eigenvalue weighted by molar-refractivity contribution is 5.94. The minimum absolute atomic E-state index is 0.112. The molecule has 28 heavy (non-hydrogen) atoms. The van der Waals surface area contributed by atoms with Crippen molar-refractivity contribution in [2.24, 2.45) is 17.8 Å². The number of piperidine rings is 1. The zero-order valence-electron chi connectivity index (χ0n) is 17.4. The molecule has 2 amide bonds. The topological polar surface area (TPSA) is 52.7 Å². The van der Waals surface area contributed by atoms with E-state index in [0.717, 1.165) is 56.7 Å². The monoisotopic (exact) mass is 383 g/mol. The summed E-state index contributed by atoms with van der Waals surface area (Å²) < 4.78 is 0. The van der Waals surface area contributed by atoms with Crippen molar-refractivity contribution in [3.8, 4) is 0 Å². The van der Waals surface area contributed by atoms with Crippen LogP contribution < -0.4 is 5.32 Å². The van der Waals surface area contributed by atoms with Gasteiger partial charge in [0.2, 0.25) is 5.91 Å². The molecule has 3 saturated heterocycles. The summed E-state index contributed by atoms with van der Waals surface area (Å²) in [7, 11) is 0. The van der Waals surface area contributed by atoms with E-state index < -0.39 is 0 Å². The summed E-state index contributed by atoms with van der Waals surface area (Å²) in [5.41, 5.74) is 1.81. The Balaban J connectivity index is 1.41. The van der Waals surface area contributed by atoms with Crippen LogP contribution in [-0.4, -0.2) is 59.9 Å². The van der Waals surface area contributed by atoms with Gasteiger partial charge in [-0.05, 0) is 37.8 Å². The van der Waals surface area contributed by atoms with Crippen LogP contribution in [0.1, 0.15) is 49.0 Å². The van der Waals surface area contributed by atoms with Crippen molar-refractivity contribution in [1.82, 2.24) is 15.1 Å². The molecule has 3 atom stereocenters. The van der Waals surface area contributed by atoms with Gasteiger partial charge in [-0.3, -0.25) is 9.59 Å². The van der Waals surface area contributed by atoms with E-state index in [9.17, 15) is 9.59 Å². The SMILES string of the molecule is CCC(C)CN1C[C@H]2C(=O)NC3(CCN(C(=O)c4ccc(C)cc4)CC3)[C@H]2C1. The van der Waals surface area contributed by atoms with Gasteiger partial charge in [0, 0.05) is 49.7 Å². The van der Waals surface area contributed by atoms with Gasteiger partial charge in [-0.15, -0.1) is 0 Å². The first-order chi connectivity index (χ1) is 13.4. The number of aryl methyl sites for hydroxylation is 1. The minimum atomic E-state index is -0.115. The Bertz CT molecular complexity index is 737. The van der Waals surface area contributed by atoms with E-state index in [0.29, 0.717) is 11.8 Å². The maximum atomic E-state index is 12.8. The van der Waals surface area contributed by atoms with Crippen LogP contribution in [0, 0.1) is 24.7 Å². The Hall–Kier alpha value is -1.88. The molecule has 3 heterocycles. The maximum Gasteiger partial charge on any atom is 0.253 e. The summed E-state index contributed by atoms with van der Waals surface area (Å²) in [5, 5.41) is 3.36. The van der Waals surface area contributed by atoms with Crippen LogP contribution in [0.4, 0.5) is 0 Å². The highest BCUT2D eigenvalue weighted by Crippen LogP contribution is 2.44. The van der Waals surface area contributed by atoms with Gasteiger partial charge in [-0.1, -0.05) is 38.0 Å². The average Bonchev–Trinajstić information content (AvgIpc) is 3.22. The Morgan fingerprint density at radius 1 is 1.21 bits per heavy atom. The molecule has 1 spiro atoms. The van der Waals surface area contributed by atoms with Crippen LogP contribution in [-0.2, 0) is 4.79 Å². The molecule has 1 N–H and O–H groups in total. The predicted octanol–water partition coefficient (Wildman–Crippen LogP) is 2.69. The van der Waals surface area contributed by atoms with E-state index >= 15 is 0 Å². The summed E-state index contributed by atoms with van der Waals surface area (Å²) in [5.74, 6) is 1.53. The first-order valence-corrected chi connectivity index (χ1v) is 10.8. The van der Waals surface area contributed by atoms with Crippen molar-refractivity contribution in [3.05, 3.63) is 35.4 Å². The number of benzene rings is 1. The molecule has 4 rings (SSSR count). The molecule has 1 aromatic carbocycles. The van der Waals surface area contributed by atoms with Crippen LogP contribution in [0.15, 0.2) is 24.3 Å². The Labute approximate surface area is 168 Å². The number of nitrogens with zero attached hydrogens (tertiary/aromatic N) is 2. The van der Waals surface area contributed by atoms with Gasteiger partial charge in [-0.25, -0.2) is 0 Å². The lowest BCUT2D eigenvalue weighted by atomic mass is 9.75. The lowest BCUT2D eigenvalue weighted by molar-refractivity contribution is -0.123. The van der Waals surface area contributed by atoms with Crippen molar-refractivity contribution >= 4 is 11.8 Å². The summed E-state index contributed by atoms with van der Waals surface area (Å²) in [6, 6.07) is 7.81. The van der Waals surface area contributed by atoms with Gasteiger partial charge in [0.15, 0.2) is 0 Å². The summed E-state index contributed by atoms with van der Waals surface area (Å²) in [6.07, 6.45) is 2.92. The van der Waals surface area contributed by atoms with E-state index in [2.05, 4.69) is 24.1 Å². The molecule has 3 aliphatic heterocycles. The number of likely N-dealkylation sites (tertiary alicyclic amines) is 2. The molecule has 0 radical (unpaired) electrons. The van der Waals surface area contributed by atoms with Crippen LogP contribution in [0.3, 0.4) is 0 Å². The highest BCUT2D eigenvalue weighted by atomic mass is 16.2. The second-order valence-corrected chi connectivity index (χ2v) is 9.25. The number of fused-ring (bicyclic) bond motifs is 2. The van der Waals surface area contributed by atoms with Crippen LogP contribution in [0.25, 0.3) is 0 Å².